The number of hydrogen-bond donors (Lipinski definition) is 2. The van der Waals surface area contributed by atoms with E-state index in [-0.39, 0.29) is 0 Å². The third-order valence-corrected chi connectivity index (χ3v) is 3.61. The Labute approximate surface area is 101 Å². The minimum atomic E-state index is 0.334. The summed E-state index contributed by atoms with van der Waals surface area (Å²) >= 11 is 0. The summed E-state index contributed by atoms with van der Waals surface area (Å²) in [5, 5.41) is 4.89. The average Bonchev–Trinajstić information content (AvgIpc) is 2.93. The lowest BCUT2D eigenvalue weighted by molar-refractivity contribution is 0.113. The summed E-state index contributed by atoms with van der Waals surface area (Å²) in [5.74, 6) is 0. The molecule has 1 aromatic heterocycles. The van der Waals surface area contributed by atoms with E-state index in [1.54, 1.807) is 0 Å². The SMILES string of the molecule is CC1OCCC1NCc1c[nH]c2ccccc12. The molecule has 2 N–H and O–H groups in total. The van der Waals surface area contributed by atoms with Crippen molar-refractivity contribution in [3.8, 4) is 0 Å². The number of H-pyrrole nitrogens is 1. The van der Waals surface area contributed by atoms with Crippen molar-refractivity contribution in [2.75, 3.05) is 6.61 Å². The molecule has 1 aliphatic heterocycles. The highest BCUT2D eigenvalue weighted by molar-refractivity contribution is 5.82. The molecular formula is C14H18N2O. The standard InChI is InChI=1S/C14H18N2O/c1-10-13(6-7-17-10)15-8-11-9-16-14-5-3-2-4-12(11)14/h2-5,9-10,13,15-16H,6-8H2,1H3. The van der Waals surface area contributed by atoms with Crippen LogP contribution in [0.3, 0.4) is 0 Å². The maximum absolute atomic E-state index is 5.55. The number of aromatic nitrogens is 1. The van der Waals surface area contributed by atoms with E-state index in [0.29, 0.717) is 12.1 Å². The molecule has 17 heavy (non-hydrogen) atoms. The molecule has 2 heterocycles. The molecule has 3 heteroatoms. The number of aromatic amines is 1. The highest BCUT2D eigenvalue weighted by Crippen LogP contribution is 2.19. The van der Waals surface area contributed by atoms with Crippen LogP contribution in [-0.4, -0.2) is 23.7 Å². The van der Waals surface area contributed by atoms with Gasteiger partial charge in [-0.15, -0.1) is 0 Å². The van der Waals surface area contributed by atoms with Crippen LogP contribution < -0.4 is 5.32 Å². The zero-order valence-electron chi connectivity index (χ0n) is 10.1. The van der Waals surface area contributed by atoms with E-state index in [1.807, 2.05) is 0 Å². The van der Waals surface area contributed by atoms with Gasteiger partial charge in [-0.05, 0) is 25.0 Å². The van der Waals surface area contributed by atoms with Crippen molar-refractivity contribution < 1.29 is 4.74 Å². The quantitative estimate of drug-likeness (QED) is 0.849. The van der Waals surface area contributed by atoms with Crippen LogP contribution in [0, 0.1) is 0 Å². The van der Waals surface area contributed by atoms with Crippen LogP contribution >= 0.6 is 0 Å². The molecule has 2 unspecified atom stereocenters. The Morgan fingerprint density at radius 3 is 3.12 bits per heavy atom. The average molecular weight is 230 g/mol. The minimum absolute atomic E-state index is 0.334. The molecular weight excluding hydrogens is 212 g/mol. The summed E-state index contributed by atoms with van der Waals surface area (Å²) < 4.78 is 5.55. The largest absolute Gasteiger partial charge is 0.377 e. The number of benzene rings is 1. The van der Waals surface area contributed by atoms with Gasteiger partial charge in [0.15, 0.2) is 0 Å². The monoisotopic (exact) mass is 230 g/mol. The van der Waals surface area contributed by atoms with Gasteiger partial charge in [-0.3, -0.25) is 0 Å². The van der Waals surface area contributed by atoms with Gasteiger partial charge in [-0.1, -0.05) is 18.2 Å². The fourth-order valence-corrected chi connectivity index (χ4v) is 2.52. The molecule has 0 spiro atoms. The van der Waals surface area contributed by atoms with Crippen LogP contribution in [0.25, 0.3) is 10.9 Å². The van der Waals surface area contributed by atoms with Crippen LogP contribution in [0.4, 0.5) is 0 Å². The van der Waals surface area contributed by atoms with E-state index >= 15 is 0 Å². The van der Waals surface area contributed by atoms with Gasteiger partial charge in [0.05, 0.1) is 6.10 Å². The molecule has 0 amide bonds. The first-order valence-corrected chi connectivity index (χ1v) is 6.24. The van der Waals surface area contributed by atoms with Crippen LogP contribution in [0.15, 0.2) is 30.5 Å². The van der Waals surface area contributed by atoms with Gasteiger partial charge >= 0.3 is 0 Å². The summed E-state index contributed by atoms with van der Waals surface area (Å²) in [6.07, 6.45) is 3.54. The fourth-order valence-electron chi connectivity index (χ4n) is 2.52. The first-order chi connectivity index (χ1) is 8.34. The van der Waals surface area contributed by atoms with E-state index < -0.39 is 0 Å². The van der Waals surface area contributed by atoms with Crippen molar-refractivity contribution in [3.05, 3.63) is 36.0 Å². The van der Waals surface area contributed by atoms with Gasteiger partial charge in [-0.2, -0.15) is 0 Å². The molecule has 0 aliphatic carbocycles. The molecule has 0 saturated carbocycles. The first-order valence-electron chi connectivity index (χ1n) is 6.24. The number of rotatable bonds is 3. The molecule has 3 rings (SSSR count). The Bertz CT molecular complexity index is 506. The van der Waals surface area contributed by atoms with Crippen LogP contribution in [0.1, 0.15) is 18.9 Å². The van der Waals surface area contributed by atoms with Crippen LogP contribution in [-0.2, 0) is 11.3 Å². The van der Waals surface area contributed by atoms with E-state index in [4.69, 9.17) is 4.74 Å². The predicted molar refractivity (Wildman–Crippen MR) is 69.0 cm³/mol. The molecule has 0 bridgehead atoms. The molecule has 1 aromatic carbocycles. The summed E-state index contributed by atoms with van der Waals surface area (Å²) in [5.41, 5.74) is 2.54. The van der Waals surface area contributed by atoms with Gasteiger partial charge in [0, 0.05) is 36.3 Å². The van der Waals surface area contributed by atoms with E-state index in [2.05, 4.69) is 47.7 Å². The first kappa shape index (κ1) is 10.8. The lowest BCUT2D eigenvalue weighted by Crippen LogP contribution is -2.34. The predicted octanol–water partition coefficient (Wildman–Crippen LogP) is 2.43. The second-order valence-electron chi connectivity index (χ2n) is 4.71. The summed E-state index contributed by atoms with van der Waals surface area (Å²) in [4.78, 5) is 3.30. The Hall–Kier alpha value is -1.32. The summed E-state index contributed by atoms with van der Waals surface area (Å²) in [6, 6.07) is 8.91. The van der Waals surface area contributed by atoms with Crippen molar-refractivity contribution in [1.29, 1.82) is 0 Å². The fraction of sp³-hybridized carbons (Fsp3) is 0.429. The van der Waals surface area contributed by atoms with Crippen molar-refractivity contribution in [2.24, 2.45) is 0 Å². The van der Waals surface area contributed by atoms with Crippen molar-refractivity contribution in [3.63, 3.8) is 0 Å². The van der Waals surface area contributed by atoms with E-state index in [1.165, 1.54) is 16.5 Å². The topological polar surface area (TPSA) is 37.0 Å². The number of hydrogen-bond acceptors (Lipinski definition) is 2. The van der Waals surface area contributed by atoms with Crippen molar-refractivity contribution in [2.45, 2.75) is 32.0 Å². The molecule has 2 atom stereocenters. The van der Waals surface area contributed by atoms with Gasteiger partial charge in [0.25, 0.3) is 0 Å². The zero-order valence-corrected chi connectivity index (χ0v) is 10.1. The van der Waals surface area contributed by atoms with E-state index in [0.717, 1.165) is 19.6 Å². The normalized spacial score (nSPS) is 24.5. The maximum atomic E-state index is 5.55. The van der Waals surface area contributed by atoms with Crippen molar-refractivity contribution >= 4 is 10.9 Å². The summed E-state index contributed by atoms with van der Waals surface area (Å²) in [7, 11) is 0. The third-order valence-electron chi connectivity index (χ3n) is 3.61. The second-order valence-corrected chi connectivity index (χ2v) is 4.71. The number of fused-ring (bicyclic) bond motifs is 1. The maximum Gasteiger partial charge on any atom is 0.0700 e. The Morgan fingerprint density at radius 2 is 2.29 bits per heavy atom. The van der Waals surface area contributed by atoms with E-state index in [9.17, 15) is 0 Å². The van der Waals surface area contributed by atoms with Crippen LogP contribution in [0.2, 0.25) is 0 Å². The molecule has 1 saturated heterocycles. The molecule has 1 aliphatic rings. The minimum Gasteiger partial charge on any atom is -0.377 e. The van der Waals surface area contributed by atoms with Gasteiger partial charge < -0.3 is 15.0 Å². The Kier molecular flexibility index (Phi) is 2.87. The summed E-state index contributed by atoms with van der Waals surface area (Å²) in [6.45, 7) is 3.93. The van der Waals surface area contributed by atoms with Gasteiger partial charge in [0.2, 0.25) is 0 Å². The Morgan fingerprint density at radius 1 is 1.41 bits per heavy atom. The smallest absolute Gasteiger partial charge is 0.0700 e. The number of ether oxygens (including phenoxy) is 1. The van der Waals surface area contributed by atoms with Gasteiger partial charge in [-0.25, -0.2) is 0 Å². The molecule has 3 nitrogen and oxygen atoms in total. The second kappa shape index (κ2) is 4.51. The number of nitrogens with one attached hydrogen (secondary N) is 2. The van der Waals surface area contributed by atoms with Crippen LogP contribution in [0.5, 0.6) is 0 Å². The lowest BCUT2D eigenvalue weighted by Gasteiger charge is -2.15. The number of para-hydroxylation sites is 1. The highest BCUT2D eigenvalue weighted by Gasteiger charge is 2.23. The highest BCUT2D eigenvalue weighted by atomic mass is 16.5. The Balaban J connectivity index is 1.72. The lowest BCUT2D eigenvalue weighted by atomic mass is 10.1. The molecule has 1 fully saturated rings. The zero-order chi connectivity index (χ0) is 11.7. The molecule has 90 valence electrons. The van der Waals surface area contributed by atoms with Crippen molar-refractivity contribution in [1.82, 2.24) is 10.3 Å². The third kappa shape index (κ3) is 2.08. The molecule has 0 radical (unpaired) electrons. The molecule has 2 aromatic rings. The van der Waals surface area contributed by atoms with Gasteiger partial charge in [0.1, 0.15) is 0 Å².